The first kappa shape index (κ1) is 21.1. The number of hydrogen-bond donors (Lipinski definition) is 2. The first-order valence-corrected chi connectivity index (χ1v) is 10.4. The van der Waals surface area contributed by atoms with Crippen LogP contribution in [0.15, 0.2) is 59.8 Å². The maximum Gasteiger partial charge on any atom is 0.264 e. The van der Waals surface area contributed by atoms with Crippen LogP contribution >= 0.6 is 0 Å². The number of hydrogen-bond acceptors (Lipinski definition) is 5. The number of H-pyrrole nitrogens is 1. The zero-order chi connectivity index (χ0) is 23.0. The van der Waals surface area contributed by atoms with E-state index in [0.717, 1.165) is 18.2 Å². The van der Waals surface area contributed by atoms with Crippen molar-refractivity contribution in [2.24, 2.45) is 0 Å². The van der Waals surface area contributed by atoms with Crippen LogP contribution in [0.4, 0.5) is 18.9 Å². The highest BCUT2D eigenvalue weighted by Gasteiger charge is 2.24. The van der Waals surface area contributed by atoms with Gasteiger partial charge in [0.2, 0.25) is 0 Å². The van der Waals surface area contributed by atoms with Gasteiger partial charge in [-0.2, -0.15) is 5.26 Å². The predicted molar refractivity (Wildman–Crippen MR) is 108 cm³/mol. The van der Waals surface area contributed by atoms with Crippen LogP contribution in [-0.2, 0) is 10.0 Å². The van der Waals surface area contributed by atoms with Gasteiger partial charge in [0.05, 0.1) is 16.8 Å². The second kappa shape index (κ2) is 7.82. The van der Waals surface area contributed by atoms with Gasteiger partial charge in [0, 0.05) is 29.4 Å². The van der Waals surface area contributed by atoms with Crippen molar-refractivity contribution in [1.29, 1.82) is 5.26 Å². The number of ketones is 1. The number of aromatic nitrogens is 2. The Morgan fingerprint density at radius 2 is 1.88 bits per heavy atom. The average Bonchev–Trinajstić information content (AvgIpc) is 3.17. The molecule has 0 bridgehead atoms. The summed E-state index contributed by atoms with van der Waals surface area (Å²) in [5.41, 5.74) is -0.553. The van der Waals surface area contributed by atoms with E-state index in [-0.39, 0.29) is 16.5 Å². The van der Waals surface area contributed by atoms with Crippen LogP contribution in [0.2, 0.25) is 0 Å². The number of nitrogens with one attached hydrogen (secondary N) is 2. The Morgan fingerprint density at radius 3 is 2.59 bits per heavy atom. The Balaban J connectivity index is 1.73. The molecular weight excluding hydrogens is 445 g/mol. The lowest BCUT2D eigenvalue weighted by Crippen LogP contribution is -2.17. The first-order chi connectivity index (χ1) is 15.2. The van der Waals surface area contributed by atoms with Crippen molar-refractivity contribution in [3.05, 3.63) is 89.0 Å². The topological polar surface area (TPSA) is 116 Å². The number of benzene rings is 2. The van der Waals surface area contributed by atoms with Crippen molar-refractivity contribution in [2.75, 3.05) is 4.72 Å². The number of carbonyl (C=O) groups is 1. The summed E-state index contributed by atoms with van der Waals surface area (Å²) in [7, 11) is -4.62. The molecule has 0 aliphatic heterocycles. The molecule has 4 aromatic rings. The normalized spacial score (nSPS) is 11.3. The minimum atomic E-state index is -4.62. The summed E-state index contributed by atoms with van der Waals surface area (Å²) in [5.74, 6) is -4.32. The van der Waals surface area contributed by atoms with Crippen molar-refractivity contribution >= 4 is 32.5 Å². The fourth-order valence-corrected chi connectivity index (χ4v) is 4.20. The Hall–Kier alpha value is -4.17. The largest absolute Gasteiger partial charge is 0.345 e. The van der Waals surface area contributed by atoms with E-state index in [9.17, 15) is 22.0 Å². The minimum Gasteiger partial charge on any atom is -0.345 e. The molecule has 32 heavy (non-hydrogen) atoms. The third-order valence-corrected chi connectivity index (χ3v) is 5.97. The first-order valence-electron chi connectivity index (χ1n) is 8.89. The molecule has 0 saturated carbocycles. The third-order valence-electron chi connectivity index (χ3n) is 4.58. The molecule has 4 rings (SSSR count). The molecule has 160 valence electrons. The highest BCUT2D eigenvalue weighted by Crippen LogP contribution is 2.27. The molecule has 0 spiro atoms. The van der Waals surface area contributed by atoms with E-state index < -0.39 is 49.4 Å². The number of pyridine rings is 1. The molecule has 7 nitrogen and oxygen atoms in total. The second-order valence-electron chi connectivity index (χ2n) is 6.61. The molecule has 0 aliphatic rings. The van der Waals surface area contributed by atoms with Gasteiger partial charge in [0.1, 0.15) is 28.2 Å². The van der Waals surface area contributed by atoms with Gasteiger partial charge in [-0.1, -0.05) is 6.07 Å². The van der Waals surface area contributed by atoms with Gasteiger partial charge >= 0.3 is 0 Å². The monoisotopic (exact) mass is 456 g/mol. The number of sulfonamides is 1. The van der Waals surface area contributed by atoms with Crippen LogP contribution in [0.5, 0.6) is 0 Å². The fraction of sp³-hybridized carbons (Fsp3) is 0. The van der Waals surface area contributed by atoms with Crippen LogP contribution in [0.3, 0.4) is 0 Å². The zero-order valence-electron chi connectivity index (χ0n) is 15.9. The van der Waals surface area contributed by atoms with E-state index in [1.807, 2.05) is 10.8 Å². The third kappa shape index (κ3) is 3.67. The van der Waals surface area contributed by atoms with E-state index in [0.29, 0.717) is 17.8 Å². The lowest BCUT2D eigenvalue weighted by Gasteiger charge is -2.11. The number of anilines is 1. The van der Waals surface area contributed by atoms with Crippen molar-refractivity contribution in [2.45, 2.75) is 4.90 Å². The van der Waals surface area contributed by atoms with Crippen LogP contribution in [-0.4, -0.2) is 24.2 Å². The molecule has 0 saturated heterocycles. The van der Waals surface area contributed by atoms with E-state index in [4.69, 9.17) is 5.26 Å². The lowest BCUT2D eigenvalue weighted by atomic mass is 10.0. The Labute approximate surface area is 179 Å². The van der Waals surface area contributed by atoms with Gasteiger partial charge in [-0.15, -0.1) is 0 Å². The number of fused-ring (bicyclic) bond motifs is 1. The molecule has 2 heterocycles. The number of halogens is 3. The van der Waals surface area contributed by atoms with Gasteiger partial charge in [-0.25, -0.2) is 26.6 Å². The van der Waals surface area contributed by atoms with Gasteiger partial charge in [-0.05, 0) is 30.3 Å². The molecule has 0 unspecified atom stereocenters. The van der Waals surface area contributed by atoms with Crippen molar-refractivity contribution in [1.82, 2.24) is 9.97 Å². The maximum absolute atomic E-state index is 15.1. The van der Waals surface area contributed by atoms with Crippen molar-refractivity contribution in [3.63, 3.8) is 0 Å². The molecular formula is C21H11F3N4O3S. The number of rotatable bonds is 5. The summed E-state index contributed by atoms with van der Waals surface area (Å²) in [6.07, 6.45) is 2.60. The molecule has 0 amide bonds. The standard InChI is InChI=1S/C21H11F3N4O3S/c22-12-4-5-18(16(23)7-12)32(30,31)28-17-3-1-2-13(19(17)24)20(29)15-10-27-21-14(15)6-11(8-25)9-26-21/h1-7,9-10,28H,(H,26,27). The average molecular weight is 456 g/mol. The Kier molecular flexibility index (Phi) is 5.15. The number of carbonyl (C=O) groups excluding carboxylic acids is 1. The number of aromatic amines is 1. The molecule has 0 aliphatic carbocycles. The summed E-state index contributed by atoms with van der Waals surface area (Å²) in [6.45, 7) is 0. The van der Waals surface area contributed by atoms with Crippen LogP contribution < -0.4 is 4.72 Å². The van der Waals surface area contributed by atoms with E-state index in [1.54, 1.807) is 0 Å². The summed E-state index contributed by atoms with van der Waals surface area (Å²) in [6, 6.07) is 8.57. The number of nitrogens with zero attached hydrogens (tertiary/aromatic N) is 2. The van der Waals surface area contributed by atoms with Crippen LogP contribution in [0.25, 0.3) is 11.0 Å². The summed E-state index contributed by atoms with van der Waals surface area (Å²) in [4.78, 5) is 18.8. The fourth-order valence-electron chi connectivity index (χ4n) is 3.08. The van der Waals surface area contributed by atoms with Gasteiger partial charge in [0.15, 0.2) is 11.6 Å². The Bertz CT molecular complexity index is 1540. The Morgan fingerprint density at radius 1 is 1.09 bits per heavy atom. The SMILES string of the molecule is N#Cc1cnc2[nH]cc(C(=O)c3cccc(NS(=O)(=O)c4ccc(F)cc4F)c3F)c2c1. The molecule has 11 heteroatoms. The van der Waals surface area contributed by atoms with Gasteiger partial charge < -0.3 is 4.98 Å². The molecule has 0 radical (unpaired) electrons. The van der Waals surface area contributed by atoms with Crippen LogP contribution in [0.1, 0.15) is 21.5 Å². The van der Waals surface area contributed by atoms with E-state index >= 15 is 4.39 Å². The molecule has 0 fully saturated rings. The summed E-state index contributed by atoms with van der Waals surface area (Å²) < 4.78 is 68.9. The molecule has 0 atom stereocenters. The molecule has 2 N–H and O–H groups in total. The maximum atomic E-state index is 15.1. The highest BCUT2D eigenvalue weighted by molar-refractivity contribution is 7.92. The molecule has 2 aromatic carbocycles. The smallest absolute Gasteiger partial charge is 0.264 e. The van der Waals surface area contributed by atoms with Crippen molar-refractivity contribution in [3.8, 4) is 6.07 Å². The number of nitriles is 1. The van der Waals surface area contributed by atoms with Crippen LogP contribution in [0, 0.1) is 28.8 Å². The quantitative estimate of drug-likeness (QED) is 0.442. The highest BCUT2D eigenvalue weighted by atomic mass is 32.2. The summed E-state index contributed by atoms with van der Waals surface area (Å²) >= 11 is 0. The zero-order valence-corrected chi connectivity index (χ0v) is 16.7. The summed E-state index contributed by atoms with van der Waals surface area (Å²) in [5, 5.41) is 9.33. The molecule has 2 aromatic heterocycles. The van der Waals surface area contributed by atoms with Gasteiger partial charge in [-0.3, -0.25) is 9.52 Å². The predicted octanol–water partition coefficient (Wildman–Crippen LogP) is 3.88. The minimum absolute atomic E-state index is 0.0214. The van der Waals surface area contributed by atoms with E-state index in [1.165, 1.54) is 24.5 Å². The second-order valence-corrected chi connectivity index (χ2v) is 8.26. The lowest BCUT2D eigenvalue weighted by molar-refractivity contribution is 0.103. The van der Waals surface area contributed by atoms with Gasteiger partial charge in [0.25, 0.3) is 10.0 Å². The van der Waals surface area contributed by atoms with Crippen molar-refractivity contribution < 1.29 is 26.4 Å². The van der Waals surface area contributed by atoms with E-state index in [2.05, 4.69) is 9.97 Å².